The number of primary amides is 1. The Morgan fingerprint density at radius 1 is 2.00 bits per heavy atom. The van der Waals surface area contributed by atoms with Crippen molar-refractivity contribution in [2.24, 2.45) is 11.7 Å². The van der Waals surface area contributed by atoms with Gasteiger partial charge in [-0.3, -0.25) is 0 Å². The van der Waals surface area contributed by atoms with Crippen molar-refractivity contribution in [2.45, 2.75) is 25.4 Å². The van der Waals surface area contributed by atoms with Crippen LogP contribution in [0, 0.1) is 5.92 Å². The summed E-state index contributed by atoms with van der Waals surface area (Å²) in [5.41, 5.74) is 4.58. The minimum absolute atomic E-state index is 0.306. The SMILES string of the molecule is C=CC[C@H]1C[C@@]1(C)OC(N)=O. The lowest BCUT2D eigenvalue weighted by Crippen LogP contribution is -2.23. The zero-order valence-electron chi connectivity index (χ0n) is 6.67. The van der Waals surface area contributed by atoms with Gasteiger partial charge in [-0.05, 0) is 19.8 Å². The largest absolute Gasteiger partial charge is 0.443 e. The normalized spacial score (nSPS) is 34.5. The Bertz CT molecular complexity index is 191. The van der Waals surface area contributed by atoms with E-state index in [1.54, 1.807) is 0 Å². The Hall–Kier alpha value is -0.990. The molecule has 11 heavy (non-hydrogen) atoms. The predicted octanol–water partition coefficient (Wildman–Crippen LogP) is 1.44. The standard InChI is InChI=1S/C8H13NO2/c1-3-4-6-5-8(6,2)11-7(9)10/h3,6H,1,4-5H2,2H3,(H2,9,10)/t6-,8+/m0/s1. The third-order valence-electron chi connectivity index (χ3n) is 2.14. The summed E-state index contributed by atoms with van der Waals surface area (Å²) in [6.07, 6.45) is 2.95. The Balaban J connectivity index is 2.36. The molecule has 2 N–H and O–H groups in total. The van der Waals surface area contributed by atoms with Gasteiger partial charge in [0, 0.05) is 5.92 Å². The second kappa shape index (κ2) is 2.57. The molecule has 0 aromatic rings. The summed E-state index contributed by atoms with van der Waals surface area (Å²) < 4.78 is 4.90. The number of hydrogen-bond donors (Lipinski definition) is 1. The summed E-state index contributed by atoms with van der Waals surface area (Å²) in [6.45, 7) is 5.51. The average molecular weight is 155 g/mol. The van der Waals surface area contributed by atoms with Crippen LogP contribution in [0.4, 0.5) is 4.79 Å². The fourth-order valence-corrected chi connectivity index (χ4v) is 1.32. The van der Waals surface area contributed by atoms with Crippen molar-refractivity contribution in [3.8, 4) is 0 Å². The highest BCUT2D eigenvalue weighted by atomic mass is 16.6. The number of allylic oxidation sites excluding steroid dienone is 1. The first-order chi connectivity index (χ1) is 5.08. The number of amides is 1. The van der Waals surface area contributed by atoms with Crippen LogP contribution in [0.15, 0.2) is 12.7 Å². The Morgan fingerprint density at radius 3 is 3.09 bits per heavy atom. The van der Waals surface area contributed by atoms with Gasteiger partial charge in [0.25, 0.3) is 0 Å². The van der Waals surface area contributed by atoms with E-state index in [4.69, 9.17) is 10.5 Å². The first-order valence-electron chi connectivity index (χ1n) is 3.68. The number of nitrogens with two attached hydrogens (primary N) is 1. The molecule has 0 radical (unpaired) electrons. The van der Waals surface area contributed by atoms with Gasteiger partial charge >= 0.3 is 6.09 Å². The molecule has 1 fully saturated rings. The molecule has 0 unspecified atom stereocenters. The van der Waals surface area contributed by atoms with Crippen LogP contribution < -0.4 is 5.73 Å². The topological polar surface area (TPSA) is 52.3 Å². The molecule has 0 aromatic carbocycles. The molecule has 1 aliphatic carbocycles. The molecule has 0 spiro atoms. The van der Waals surface area contributed by atoms with Gasteiger partial charge in [0.1, 0.15) is 5.60 Å². The van der Waals surface area contributed by atoms with Crippen molar-refractivity contribution < 1.29 is 9.53 Å². The lowest BCUT2D eigenvalue weighted by Gasteiger charge is -2.09. The third-order valence-corrected chi connectivity index (χ3v) is 2.14. The van der Waals surface area contributed by atoms with Crippen LogP contribution in [0.2, 0.25) is 0 Å². The zero-order chi connectivity index (χ0) is 8.48. The molecule has 3 heteroatoms. The summed E-state index contributed by atoms with van der Waals surface area (Å²) in [7, 11) is 0. The molecular formula is C8H13NO2. The Labute approximate surface area is 66.2 Å². The summed E-state index contributed by atoms with van der Waals surface area (Å²) in [6, 6.07) is 0. The van der Waals surface area contributed by atoms with Crippen LogP contribution in [0.25, 0.3) is 0 Å². The van der Waals surface area contributed by atoms with Crippen molar-refractivity contribution in [3.63, 3.8) is 0 Å². The fraction of sp³-hybridized carbons (Fsp3) is 0.625. The van der Waals surface area contributed by atoms with Crippen molar-refractivity contribution in [3.05, 3.63) is 12.7 Å². The molecule has 2 atom stereocenters. The number of carbonyl (C=O) groups excluding carboxylic acids is 1. The lowest BCUT2D eigenvalue weighted by molar-refractivity contribution is 0.0921. The van der Waals surface area contributed by atoms with Gasteiger partial charge in [-0.15, -0.1) is 6.58 Å². The number of ether oxygens (including phenoxy) is 1. The Morgan fingerprint density at radius 2 is 2.64 bits per heavy atom. The van der Waals surface area contributed by atoms with Crippen LogP contribution in [-0.4, -0.2) is 11.7 Å². The molecule has 62 valence electrons. The molecular weight excluding hydrogens is 142 g/mol. The van der Waals surface area contributed by atoms with Crippen LogP contribution in [0.3, 0.4) is 0 Å². The van der Waals surface area contributed by atoms with E-state index in [2.05, 4.69) is 6.58 Å². The van der Waals surface area contributed by atoms with E-state index < -0.39 is 6.09 Å². The molecule has 1 rings (SSSR count). The van der Waals surface area contributed by atoms with Crippen molar-refractivity contribution in [1.29, 1.82) is 0 Å². The molecule has 0 saturated heterocycles. The fourth-order valence-electron chi connectivity index (χ4n) is 1.32. The highest BCUT2D eigenvalue weighted by molar-refractivity contribution is 5.65. The lowest BCUT2D eigenvalue weighted by atomic mass is 10.2. The van der Waals surface area contributed by atoms with E-state index in [1.807, 2.05) is 13.0 Å². The zero-order valence-corrected chi connectivity index (χ0v) is 6.67. The van der Waals surface area contributed by atoms with Crippen molar-refractivity contribution >= 4 is 6.09 Å². The summed E-state index contributed by atoms with van der Waals surface area (Å²) >= 11 is 0. The van der Waals surface area contributed by atoms with E-state index in [-0.39, 0.29) is 5.60 Å². The van der Waals surface area contributed by atoms with Gasteiger partial charge in [-0.25, -0.2) is 4.79 Å². The molecule has 1 saturated carbocycles. The second-order valence-corrected chi connectivity index (χ2v) is 3.16. The molecule has 0 bridgehead atoms. The monoisotopic (exact) mass is 155 g/mol. The minimum atomic E-state index is -0.681. The van der Waals surface area contributed by atoms with E-state index in [0.29, 0.717) is 5.92 Å². The molecule has 0 heterocycles. The third kappa shape index (κ3) is 1.73. The molecule has 3 nitrogen and oxygen atoms in total. The Kier molecular flexibility index (Phi) is 1.89. The first-order valence-corrected chi connectivity index (χ1v) is 3.68. The maximum atomic E-state index is 10.4. The molecule has 1 amide bonds. The van der Waals surface area contributed by atoms with E-state index in [1.165, 1.54) is 0 Å². The highest BCUT2D eigenvalue weighted by Gasteiger charge is 2.52. The van der Waals surface area contributed by atoms with Gasteiger partial charge in [0.2, 0.25) is 0 Å². The molecule has 0 aromatic heterocycles. The number of rotatable bonds is 3. The van der Waals surface area contributed by atoms with Gasteiger partial charge in [-0.1, -0.05) is 6.08 Å². The molecule has 1 aliphatic rings. The predicted molar refractivity (Wildman–Crippen MR) is 42.0 cm³/mol. The van der Waals surface area contributed by atoms with Crippen molar-refractivity contribution in [1.82, 2.24) is 0 Å². The van der Waals surface area contributed by atoms with Gasteiger partial charge in [-0.2, -0.15) is 0 Å². The quantitative estimate of drug-likeness (QED) is 0.627. The smallest absolute Gasteiger partial charge is 0.405 e. The number of carbonyl (C=O) groups is 1. The van der Waals surface area contributed by atoms with Crippen LogP contribution in [0.5, 0.6) is 0 Å². The van der Waals surface area contributed by atoms with E-state index >= 15 is 0 Å². The summed E-state index contributed by atoms with van der Waals surface area (Å²) in [5.74, 6) is 0.424. The highest BCUT2D eigenvalue weighted by Crippen LogP contribution is 2.48. The maximum Gasteiger partial charge on any atom is 0.405 e. The summed E-state index contributed by atoms with van der Waals surface area (Å²) in [5, 5.41) is 0. The van der Waals surface area contributed by atoms with Gasteiger partial charge in [0.05, 0.1) is 0 Å². The molecule has 0 aliphatic heterocycles. The minimum Gasteiger partial charge on any atom is -0.443 e. The maximum absolute atomic E-state index is 10.4. The first kappa shape index (κ1) is 8.11. The average Bonchev–Trinajstić information content (AvgIpc) is 2.40. The van der Waals surface area contributed by atoms with Gasteiger partial charge < -0.3 is 10.5 Å². The number of hydrogen-bond acceptors (Lipinski definition) is 2. The van der Waals surface area contributed by atoms with Crippen LogP contribution in [-0.2, 0) is 4.74 Å². The van der Waals surface area contributed by atoms with Crippen LogP contribution in [0.1, 0.15) is 19.8 Å². The second-order valence-electron chi connectivity index (χ2n) is 3.16. The summed E-state index contributed by atoms with van der Waals surface area (Å²) in [4.78, 5) is 10.4. The van der Waals surface area contributed by atoms with Crippen molar-refractivity contribution in [2.75, 3.05) is 0 Å². The van der Waals surface area contributed by atoms with E-state index in [9.17, 15) is 4.79 Å². The van der Waals surface area contributed by atoms with E-state index in [0.717, 1.165) is 12.8 Å². The van der Waals surface area contributed by atoms with Crippen LogP contribution >= 0.6 is 0 Å². The van der Waals surface area contributed by atoms with Gasteiger partial charge in [0.15, 0.2) is 0 Å².